The molecule has 0 bridgehead atoms. The van der Waals surface area contributed by atoms with E-state index in [0.29, 0.717) is 13.0 Å². The van der Waals surface area contributed by atoms with Crippen molar-refractivity contribution in [3.05, 3.63) is 35.9 Å². The van der Waals surface area contributed by atoms with Gasteiger partial charge in [0.15, 0.2) is 0 Å². The third-order valence-electron chi connectivity index (χ3n) is 3.61. The number of hydrogen-bond donors (Lipinski definition) is 2. The average Bonchev–Trinajstić information content (AvgIpc) is 3.24. The molecule has 0 radical (unpaired) electrons. The van der Waals surface area contributed by atoms with E-state index in [1.165, 1.54) is 0 Å². The molecule has 114 valence electrons. The van der Waals surface area contributed by atoms with Gasteiger partial charge in [-0.2, -0.15) is 0 Å². The summed E-state index contributed by atoms with van der Waals surface area (Å²) in [5.41, 5.74) is 0.931. The first-order valence-electron chi connectivity index (χ1n) is 7.30. The molecule has 1 aliphatic rings. The van der Waals surface area contributed by atoms with Crippen LogP contribution in [-0.2, 0) is 14.3 Å². The fourth-order valence-corrected chi connectivity index (χ4v) is 2.40. The molecule has 3 atom stereocenters. The second-order valence-corrected chi connectivity index (χ2v) is 5.24. The van der Waals surface area contributed by atoms with Crippen molar-refractivity contribution >= 4 is 11.9 Å². The summed E-state index contributed by atoms with van der Waals surface area (Å²) < 4.78 is 5.42. The lowest BCUT2D eigenvalue weighted by molar-refractivity contribution is -0.137. The van der Waals surface area contributed by atoms with Gasteiger partial charge in [0.2, 0.25) is 5.91 Å². The summed E-state index contributed by atoms with van der Waals surface area (Å²) >= 11 is 0. The van der Waals surface area contributed by atoms with Crippen LogP contribution >= 0.6 is 0 Å². The van der Waals surface area contributed by atoms with E-state index in [0.717, 1.165) is 12.0 Å². The molecular formula is C16H21NO4. The van der Waals surface area contributed by atoms with Crippen LogP contribution in [0.1, 0.15) is 37.8 Å². The Morgan fingerprint density at radius 1 is 1.38 bits per heavy atom. The molecule has 2 rings (SSSR count). The molecule has 0 unspecified atom stereocenters. The minimum atomic E-state index is -0.858. The maximum Gasteiger partial charge on any atom is 0.303 e. The van der Waals surface area contributed by atoms with E-state index < -0.39 is 5.97 Å². The monoisotopic (exact) mass is 291 g/mol. The van der Waals surface area contributed by atoms with Gasteiger partial charge in [0.1, 0.15) is 0 Å². The molecule has 1 saturated carbocycles. The van der Waals surface area contributed by atoms with Crippen molar-refractivity contribution in [2.24, 2.45) is 5.92 Å². The van der Waals surface area contributed by atoms with Crippen molar-refractivity contribution in [3.63, 3.8) is 0 Å². The zero-order valence-corrected chi connectivity index (χ0v) is 12.1. The zero-order chi connectivity index (χ0) is 15.2. The van der Waals surface area contributed by atoms with Crippen LogP contribution in [0.2, 0.25) is 0 Å². The molecule has 1 fully saturated rings. The highest BCUT2D eigenvalue weighted by Gasteiger charge is 2.44. The van der Waals surface area contributed by atoms with Gasteiger partial charge in [-0.1, -0.05) is 30.3 Å². The SMILES string of the molecule is CCO[C@@H]1C[C@@H]1C(=O)N[C@H](CCC(=O)O)c1ccccc1. The topological polar surface area (TPSA) is 75.6 Å². The number of carboxylic acid groups (broad SMARTS) is 1. The second kappa shape index (κ2) is 7.22. The molecule has 5 heteroatoms. The molecule has 1 aliphatic carbocycles. The van der Waals surface area contributed by atoms with Crippen molar-refractivity contribution in [1.29, 1.82) is 0 Å². The van der Waals surface area contributed by atoms with E-state index in [4.69, 9.17) is 9.84 Å². The number of rotatable bonds is 8. The Morgan fingerprint density at radius 3 is 2.71 bits per heavy atom. The Hall–Kier alpha value is -1.88. The summed E-state index contributed by atoms with van der Waals surface area (Å²) in [6.07, 6.45) is 1.18. The number of benzene rings is 1. The number of ether oxygens (including phenoxy) is 1. The second-order valence-electron chi connectivity index (χ2n) is 5.24. The maximum atomic E-state index is 12.2. The number of carbonyl (C=O) groups excluding carboxylic acids is 1. The molecule has 2 N–H and O–H groups in total. The minimum absolute atomic E-state index is 0.0193. The Kier molecular flexibility index (Phi) is 5.33. The number of aliphatic carboxylic acids is 1. The van der Waals surface area contributed by atoms with Gasteiger partial charge < -0.3 is 15.2 Å². The van der Waals surface area contributed by atoms with E-state index >= 15 is 0 Å². The Balaban J connectivity index is 1.96. The normalized spacial score (nSPS) is 21.6. The van der Waals surface area contributed by atoms with Crippen molar-refractivity contribution in [2.75, 3.05) is 6.61 Å². The van der Waals surface area contributed by atoms with Gasteiger partial charge in [-0.05, 0) is 25.3 Å². The first-order valence-corrected chi connectivity index (χ1v) is 7.30. The largest absolute Gasteiger partial charge is 0.481 e. The highest BCUT2D eigenvalue weighted by Crippen LogP contribution is 2.34. The third kappa shape index (κ3) is 4.56. The van der Waals surface area contributed by atoms with Crippen LogP contribution < -0.4 is 5.32 Å². The fourth-order valence-electron chi connectivity index (χ4n) is 2.40. The summed E-state index contributed by atoms with van der Waals surface area (Å²) in [6, 6.07) is 9.20. The fraction of sp³-hybridized carbons (Fsp3) is 0.500. The first kappa shape index (κ1) is 15.5. The standard InChI is InChI=1S/C16H21NO4/c1-2-21-14-10-12(14)16(20)17-13(8-9-15(18)19)11-6-4-3-5-7-11/h3-7,12-14H,2,8-10H2,1H3,(H,17,20)(H,18,19)/t12-,13+,14+/m0/s1. The van der Waals surface area contributed by atoms with Gasteiger partial charge >= 0.3 is 5.97 Å². The predicted molar refractivity (Wildman–Crippen MR) is 77.7 cm³/mol. The van der Waals surface area contributed by atoms with Gasteiger partial charge in [0, 0.05) is 13.0 Å². The average molecular weight is 291 g/mol. The highest BCUT2D eigenvalue weighted by molar-refractivity contribution is 5.82. The summed E-state index contributed by atoms with van der Waals surface area (Å²) in [5, 5.41) is 11.8. The van der Waals surface area contributed by atoms with Crippen LogP contribution in [0.4, 0.5) is 0 Å². The van der Waals surface area contributed by atoms with E-state index in [9.17, 15) is 9.59 Å². The lowest BCUT2D eigenvalue weighted by atomic mass is 10.0. The number of carbonyl (C=O) groups is 2. The molecule has 1 aromatic carbocycles. The minimum Gasteiger partial charge on any atom is -0.481 e. The van der Waals surface area contributed by atoms with Crippen molar-refractivity contribution in [2.45, 2.75) is 38.3 Å². The smallest absolute Gasteiger partial charge is 0.303 e. The van der Waals surface area contributed by atoms with Gasteiger partial charge in [-0.15, -0.1) is 0 Å². The van der Waals surface area contributed by atoms with Crippen molar-refractivity contribution < 1.29 is 19.4 Å². The van der Waals surface area contributed by atoms with Gasteiger partial charge in [0.05, 0.1) is 18.1 Å². The molecule has 5 nitrogen and oxygen atoms in total. The quantitative estimate of drug-likeness (QED) is 0.769. The summed E-state index contributed by atoms with van der Waals surface area (Å²) in [6.45, 7) is 2.52. The molecule has 0 spiro atoms. The molecule has 1 aromatic rings. The van der Waals surface area contributed by atoms with Gasteiger partial charge in [0.25, 0.3) is 0 Å². The maximum absolute atomic E-state index is 12.2. The summed E-state index contributed by atoms with van der Waals surface area (Å²) in [7, 11) is 0. The molecule has 1 amide bonds. The van der Waals surface area contributed by atoms with E-state index in [2.05, 4.69) is 5.32 Å². The number of amides is 1. The van der Waals surface area contributed by atoms with Crippen LogP contribution in [0.15, 0.2) is 30.3 Å². The predicted octanol–water partition coefficient (Wildman–Crippen LogP) is 2.13. The molecule has 21 heavy (non-hydrogen) atoms. The first-order chi connectivity index (χ1) is 10.1. The van der Waals surface area contributed by atoms with Crippen LogP contribution in [0.25, 0.3) is 0 Å². The van der Waals surface area contributed by atoms with Gasteiger partial charge in [-0.3, -0.25) is 9.59 Å². The highest BCUT2D eigenvalue weighted by atomic mass is 16.5. The third-order valence-corrected chi connectivity index (χ3v) is 3.61. The zero-order valence-electron chi connectivity index (χ0n) is 12.1. The Labute approximate surface area is 124 Å². The molecular weight excluding hydrogens is 270 g/mol. The van der Waals surface area contributed by atoms with Crippen LogP contribution in [0, 0.1) is 5.92 Å². The molecule has 0 aliphatic heterocycles. The molecule has 0 aromatic heterocycles. The number of hydrogen-bond acceptors (Lipinski definition) is 3. The van der Waals surface area contributed by atoms with Gasteiger partial charge in [-0.25, -0.2) is 0 Å². The summed E-state index contributed by atoms with van der Waals surface area (Å²) in [5.74, 6) is -1.00. The number of carboxylic acids is 1. The van der Waals surface area contributed by atoms with E-state index in [1.54, 1.807) is 0 Å². The molecule has 0 heterocycles. The lowest BCUT2D eigenvalue weighted by Gasteiger charge is -2.18. The summed E-state index contributed by atoms with van der Waals surface area (Å²) in [4.78, 5) is 23.0. The Morgan fingerprint density at radius 2 is 2.10 bits per heavy atom. The van der Waals surface area contributed by atoms with Crippen LogP contribution in [-0.4, -0.2) is 29.7 Å². The lowest BCUT2D eigenvalue weighted by Crippen LogP contribution is -2.31. The molecule has 0 saturated heterocycles. The van der Waals surface area contributed by atoms with Crippen LogP contribution in [0.3, 0.4) is 0 Å². The number of nitrogens with one attached hydrogen (secondary N) is 1. The van der Waals surface area contributed by atoms with Crippen molar-refractivity contribution in [1.82, 2.24) is 5.32 Å². The Bertz CT molecular complexity index is 488. The van der Waals surface area contributed by atoms with E-state index in [-0.39, 0.29) is 30.4 Å². The van der Waals surface area contributed by atoms with Crippen molar-refractivity contribution in [3.8, 4) is 0 Å². The van der Waals surface area contributed by atoms with E-state index in [1.807, 2.05) is 37.3 Å². The van der Waals surface area contributed by atoms with Crippen LogP contribution in [0.5, 0.6) is 0 Å².